The van der Waals surface area contributed by atoms with Crippen molar-refractivity contribution in [2.75, 3.05) is 0 Å². The molecular formula is C12H15NO2. The third-order valence-electron chi connectivity index (χ3n) is 5.00. The van der Waals surface area contributed by atoms with Gasteiger partial charge in [0.25, 0.3) is 0 Å². The van der Waals surface area contributed by atoms with E-state index in [1.165, 1.54) is 19.3 Å². The van der Waals surface area contributed by atoms with Crippen molar-refractivity contribution < 1.29 is 9.94 Å². The smallest absolute Gasteiger partial charge is 0.0878 e. The van der Waals surface area contributed by atoms with Crippen molar-refractivity contribution in [1.82, 2.24) is 0 Å². The van der Waals surface area contributed by atoms with Gasteiger partial charge in [0, 0.05) is 11.3 Å². The molecule has 2 heterocycles. The number of oxime groups is 1. The van der Waals surface area contributed by atoms with Crippen LogP contribution in [0.15, 0.2) is 17.3 Å². The predicted molar refractivity (Wildman–Crippen MR) is 54.9 cm³/mol. The molecule has 3 heteroatoms. The second-order valence-electron chi connectivity index (χ2n) is 5.42. The zero-order valence-electron chi connectivity index (χ0n) is 8.60. The number of ether oxygens (including phenoxy) is 1. The Balaban J connectivity index is 1.85. The molecular weight excluding hydrogens is 190 g/mol. The van der Waals surface area contributed by atoms with E-state index < -0.39 is 0 Å². The van der Waals surface area contributed by atoms with Gasteiger partial charge < -0.3 is 9.94 Å². The monoisotopic (exact) mass is 205 g/mol. The van der Waals surface area contributed by atoms with Crippen LogP contribution < -0.4 is 0 Å². The van der Waals surface area contributed by atoms with E-state index in [0.717, 1.165) is 12.1 Å². The summed E-state index contributed by atoms with van der Waals surface area (Å²) >= 11 is 0. The summed E-state index contributed by atoms with van der Waals surface area (Å²) in [5, 5.41) is 12.9. The minimum absolute atomic E-state index is 0.0804. The Kier molecular flexibility index (Phi) is 1.37. The minimum Gasteiger partial charge on any atom is -0.411 e. The molecule has 3 nitrogen and oxygen atoms in total. The van der Waals surface area contributed by atoms with Gasteiger partial charge in [-0.2, -0.15) is 0 Å². The van der Waals surface area contributed by atoms with Gasteiger partial charge in [-0.15, -0.1) is 0 Å². The molecule has 4 bridgehead atoms. The van der Waals surface area contributed by atoms with E-state index in [1.54, 1.807) is 0 Å². The van der Waals surface area contributed by atoms with E-state index in [4.69, 9.17) is 4.74 Å². The van der Waals surface area contributed by atoms with Crippen molar-refractivity contribution in [3.8, 4) is 0 Å². The topological polar surface area (TPSA) is 41.8 Å². The quantitative estimate of drug-likeness (QED) is 0.373. The fourth-order valence-corrected chi connectivity index (χ4v) is 4.47. The number of fused-ring (bicyclic) bond motifs is 6. The van der Waals surface area contributed by atoms with Gasteiger partial charge in [-0.05, 0) is 31.6 Å². The van der Waals surface area contributed by atoms with Crippen molar-refractivity contribution in [2.24, 2.45) is 22.4 Å². The summed E-state index contributed by atoms with van der Waals surface area (Å²) in [5.41, 5.74) is 1.13. The van der Waals surface area contributed by atoms with E-state index in [0.29, 0.717) is 11.8 Å². The SMILES string of the molecule is O/N=C1/[C@@H]2CC[C@@H](C2)C12C[C@@H]1C=C[C@H]2O1. The molecule has 1 N–H and O–H groups in total. The fourth-order valence-electron chi connectivity index (χ4n) is 4.47. The maximum atomic E-state index is 9.25. The summed E-state index contributed by atoms with van der Waals surface area (Å²) in [6.45, 7) is 0. The fraction of sp³-hybridized carbons (Fsp3) is 0.750. The van der Waals surface area contributed by atoms with E-state index in [2.05, 4.69) is 17.3 Å². The van der Waals surface area contributed by atoms with Gasteiger partial charge in [-0.1, -0.05) is 17.3 Å². The molecule has 15 heavy (non-hydrogen) atoms. The number of nitrogens with zero attached hydrogens (tertiary/aromatic N) is 1. The highest BCUT2D eigenvalue weighted by atomic mass is 16.5. The first kappa shape index (κ1) is 8.34. The van der Waals surface area contributed by atoms with Gasteiger partial charge in [0.15, 0.2) is 0 Å². The van der Waals surface area contributed by atoms with Crippen LogP contribution in [0.3, 0.4) is 0 Å². The lowest BCUT2D eigenvalue weighted by Gasteiger charge is -2.37. The predicted octanol–water partition coefficient (Wildman–Crippen LogP) is 1.96. The highest BCUT2D eigenvalue weighted by molar-refractivity contribution is 5.96. The first-order valence-electron chi connectivity index (χ1n) is 5.91. The molecule has 0 aromatic carbocycles. The van der Waals surface area contributed by atoms with Gasteiger partial charge in [0.2, 0.25) is 0 Å². The number of rotatable bonds is 0. The molecule has 4 rings (SSSR count). The molecule has 0 amide bonds. The molecule has 0 aromatic rings. The molecule has 4 aliphatic rings. The normalized spacial score (nSPS) is 57.7. The van der Waals surface area contributed by atoms with Crippen molar-refractivity contribution in [2.45, 2.75) is 37.9 Å². The minimum atomic E-state index is 0.0804. The molecule has 1 unspecified atom stereocenters. The Morgan fingerprint density at radius 2 is 2.33 bits per heavy atom. The molecule has 2 aliphatic carbocycles. The Morgan fingerprint density at radius 1 is 1.40 bits per heavy atom. The Hall–Kier alpha value is -0.830. The van der Waals surface area contributed by atoms with Crippen molar-refractivity contribution in [3.05, 3.63) is 12.2 Å². The van der Waals surface area contributed by atoms with Gasteiger partial charge in [-0.3, -0.25) is 0 Å². The standard InChI is InChI=1S/C12H15NO2/c14-13-11-7-1-2-8(5-7)12(11)6-9-3-4-10(12)15-9/h3-4,7-10,14H,1-2,5-6H2/b13-11-/t7-,8+,9+,10-,12?/m1/s1. The van der Waals surface area contributed by atoms with E-state index in [9.17, 15) is 5.21 Å². The Bertz CT molecular complexity index is 376. The summed E-state index contributed by atoms with van der Waals surface area (Å²) in [6.07, 6.45) is 9.61. The molecule has 5 atom stereocenters. The third kappa shape index (κ3) is 0.771. The zero-order chi connectivity index (χ0) is 10.0. The highest BCUT2D eigenvalue weighted by Crippen LogP contribution is 2.62. The van der Waals surface area contributed by atoms with Crippen LogP contribution in [0.4, 0.5) is 0 Å². The molecule has 2 aliphatic heterocycles. The second kappa shape index (κ2) is 2.46. The Labute approximate surface area is 88.8 Å². The van der Waals surface area contributed by atoms with Crippen LogP contribution in [0.25, 0.3) is 0 Å². The van der Waals surface area contributed by atoms with Crippen LogP contribution >= 0.6 is 0 Å². The maximum absolute atomic E-state index is 9.25. The molecule has 3 fully saturated rings. The van der Waals surface area contributed by atoms with Crippen LogP contribution in [-0.4, -0.2) is 23.1 Å². The number of hydrogen-bond acceptors (Lipinski definition) is 3. The van der Waals surface area contributed by atoms with Crippen molar-refractivity contribution in [3.63, 3.8) is 0 Å². The summed E-state index contributed by atoms with van der Waals surface area (Å²) in [7, 11) is 0. The van der Waals surface area contributed by atoms with E-state index in [1.807, 2.05) is 0 Å². The zero-order valence-corrected chi connectivity index (χ0v) is 8.60. The van der Waals surface area contributed by atoms with E-state index >= 15 is 0 Å². The molecule has 0 radical (unpaired) electrons. The molecule has 0 aromatic heterocycles. The Morgan fingerprint density at radius 3 is 3.00 bits per heavy atom. The van der Waals surface area contributed by atoms with Crippen LogP contribution in [0.1, 0.15) is 25.7 Å². The van der Waals surface area contributed by atoms with Crippen LogP contribution in [0.2, 0.25) is 0 Å². The first-order chi connectivity index (χ1) is 7.34. The van der Waals surface area contributed by atoms with Crippen molar-refractivity contribution in [1.29, 1.82) is 0 Å². The largest absolute Gasteiger partial charge is 0.411 e. The van der Waals surface area contributed by atoms with Crippen LogP contribution in [0.5, 0.6) is 0 Å². The maximum Gasteiger partial charge on any atom is 0.0878 e. The summed E-state index contributed by atoms with van der Waals surface area (Å²) < 4.78 is 5.89. The van der Waals surface area contributed by atoms with Crippen molar-refractivity contribution >= 4 is 5.71 Å². The molecule has 1 saturated heterocycles. The summed E-state index contributed by atoms with van der Waals surface area (Å²) in [5.74, 6) is 1.24. The third-order valence-corrected chi connectivity index (χ3v) is 5.00. The first-order valence-corrected chi connectivity index (χ1v) is 5.91. The number of hydrogen-bond donors (Lipinski definition) is 1. The lowest BCUT2D eigenvalue weighted by molar-refractivity contribution is 0.0825. The van der Waals surface area contributed by atoms with Gasteiger partial charge in [0.05, 0.1) is 17.9 Å². The van der Waals surface area contributed by atoms with Gasteiger partial charge in [0.1, 0.15) is 0 Å². The second-order valence-corrected chi connectivity index (χ2v) is 5.42. The van der Waals surface area contributed by atoms with Gasteiger partial charge in [-0.25, -0.2) is 0 Å². The summed E-state index contributed by atoms with van der Waals surface area (Å²) in [6, 6.07) is 0. The molecule has 80 valence electrons. The molecule has 2 saturated carbocycles. The average molecular weight is 205 g/mol. The van der Waals surface area contributed by atoms with Gasteiger partial charge >= 0.3 is 0 Å². The van der Waals surface area contributed by atoms with Crippen LogP contribution in [0, 0.1) is 17.3 Å². The van der Waals surface area contributed by atoms with Crippen LogP contribution in [-0.2, 0) is 4.74 Å². The average Bonchev–Trinajstić information content (AvgIpc) is 2.95. The van der Waals surface area contributed by atoms with E-state index in [-0.39, 0.29) is 17.6 Å². The highest BCUT2D eigenvalue weighted by Gasteiger charge is 2.64. The lowest BCUT2D eigenvalue weighted by atomic mass is 9.65. The summed E-state index contributed by atoms with van der Waals surface area (Å²) in [4.78, 5) is 0. The lowest BCUT2D eigenvalue weighted by Crippen LogP contribution is -2.43. The molecule has 1 spiro atoms.